The Balaban J connectivity index is 2.08. The van der Waals surface area contributed by atoms with Crippen molar-refractivity contribution in [3.8, 4) is 5.75 Å². The largest absolute Gasteiger partial charge is 0.496 e. The van der Waals surface area contributed by atoms with Crippen LogP contribution in [0.2, 0.25) is 5.02 Å². The summed E-state index contributed by atoms with van der Waals surface area (Å²) in [5, 5.41) is 0.670. The van der Waals surface area contributed by atoms with Gasteiger partial charge in [0.15, 0.2) is 0 Å². The normalized spacial score (nSPS) is 12.2. The minimum absolute atomic E-state index is 0.132. The van der Waals surface area contributed by atoms with Crippen LogP contribution in [-0.4, -0.2) is 12.9 Å². The van der Waals surface area contributed by atoms with E-state index >= 15 is 0 Å². The molecule has 0 saturated heterocycles. The molecule has 0 saturated carbocycles. The Morgan fingerprint density at radius 3 is 2.80 bits per heavy atom. The predicted molar refractivity (Wildman–Crippen MR) is 89.8 cm³/mol. The van der Waals surface area contributed by atoms with Gasteiger partial charge >= 0.3 is 0 Å². The van der Waals surface area contributed by atoms with E-state index in [2.05, 4.69) is 28.1 Å². The van der Waals surface area contributed by atoms with Gasteiger partial charge in [0.25, 0.3) is 0 Å². The van der Waals surface area contributed by atoms with Gasteiger partial charge in [-0.2, -0.15) is 0 Å². The van der Waals surface area contributed by atoms with Crippen LogP contribution in [0.4, 0.5) is 0 Å². The summed E-state index contributed by atoms with van der Waals surface area (Å²) in [4.78, 5) is 1.18. The Labute approximate surface area is 136 Å². The summed E-state index contributed by atoms with van der Waals surface area (Å²) in [5.41, 5.74) is 7.19. The zero-order chi connectivity index (χ0) is 14.5. The molecule has 2 aromatic carbocycles. The third-order valence-corrected chi connectivity index (χ3v) is 4.66. The van der Waals surface area contributed by atoms with E-state index in [1.807, 2.05) is 24.3 Å². The molecular formula is C15H15BrClNOS. The molecule has 0 radical (unpaired) electrons. The second kappa shape index (κ2) is 7.36. The van der Waals surface area contributed by atoms with Crippen LogP contribution in [0, 0.1) is 0 Å². The number of hydrogen-bond donors (Lipinski definition) is 1. The molecule has 0 aliphatic carbocycles. The summed E-state index contributed by atoms with van der Waals surface area (Å²) in [5.74, 6) is 1.53. The molecule has 5 heteroatoms. The summed E-state index contributed by atoms with van der Waals surface area (Å²) in [7, 11) is 1.64. The highest BCUT2D eigenvalue weighted by molar-refractivity contribution is 9.10. The predicted octanol–water partition coefficient (Wildman–Crippen LogP) is 4.90. The number of rotatable bonds is 5. The third kappa shape index (κ3) is 4.16. The van der Waals surface area contributed by atoms with Crippen LogP contribution in [0.25, 0.3) is 0 Å². The zero-order valence-electron chi connectivity index (χ0n) is 11.0. The van der Waals surface area contributed by atoms with Crippen LogP contribution in [0.1, 0.15) is 11.6 Å². The van der Waals surface area contributed by atoms with Crippen LogP contribution in [-0.2, 0) is 0 Å². The van der Waals surface area contributed by atoms with E-state index in [-0.39, 0.29) is 6.04 Å². The van der Waals surface area contributed by atoms with E-state index in [0.29, 0.717) is 5.02 Å². The lowest BCUT2D eigenvalue weighted by Crippen LogP contribution is -2.14. The Kier molecular flexibility index (Phi) is 5.78. The van der Waals surface area contributed by atoms with Gasteiger partial charge in [0.05, 0.1) is 7.11 Å². The molecule has 0 aromatic heterocycles. The molecule has 0 heterocycles. The van der Waals surface area contributed by atoms with Crippen molar-refractivity contribution in [2.45, 2.75) is 10.9 Å². The highest BCUT2D eigenvalue weighted by Gasteiger charge is 2.13. The average molecular weight is 373 g/mol. The van der Waals surface area contributed by atoms with Crippen molar-refractivity contribution in [2.75, 3.05) is 12.9 Å². The standard InChI is InChI=1S/C15H15BrClNOS/c1-19-15-6-5-11(17)8-13(15)14(18)9-20-12-4-2-3-10(16)7-12/h2-8,14H,9,18H2,1H3. The molecule has 2 aromatic rings. The number of ether oxygens (including phenoxy) is 1. The van der Waals surface area contributed by atoms with Crippen LogP contribution in [0.15, 0.2) is 51.8 Å². The van der Waals surface area contributed by atoms with Crippen molar-refractivity contribution < 1.29 is 4.74 Å². The number of benzene rings is 2. The molecule has 0 aliphatic rings. The lowest BCUT2D eigenvalue weighted by atomic mass is 10.1. The molecule has 2 nitrogen and oxygen atoms in total. The number of nitrogens with two attached hydrogens (primary N) is 1. The van der Waals surface area contributed by atoms with E-state index in [0.717, 1.165) is 21.5 Å². The highest BCUT2D eigenvalue weighted by atomic mass is 79.9. The smallest absolute Gasteiger partial charge is 0.123 e. The van der Waals surface area contributed by atoms with Crippen molar-refractivity contribution in [3.63, 3.8) is 0 Å². The van der Waals surface area contributed by atoms with Crippen LogP contribution >= 0.6 is 39.3 Å². The minimum Gasteiger partial charge on any atom is -0.496 e. The Hall–Kier alpha value is -0.680. The van der Waals surface area contributed by atoms with Crippen LogP contribution in [0.3, 0.4) is 0 Å². The summed E-state index contributed by atoms with van der Waals surface area (Å²) in [6.07, 6.45) is 0. The monoisotopic (exact) mass is 371 g/mol. The lowest BCUT2D eigenvalue weighted by molar-refractivity contribution is 0.407. The summed E-state index contributed by atoms with van der Waals surface area (Å²) in [6, 6.07) is 13.5. The first kappa shape index (κ1) is 15.7. The molecule has 2 rings (SSSR count). The van der Waals surface area contributed by atoms with E-state index in [1.54, 1.807) is 24.9 Å². The molecule has 1 atom stereocenters. The van der Waals surface area contributed by atoms with Crippen molar-refractivity contribution in [3.05, 3.63) is 57.5 Å². The topological polar surface area (TPSA) is 35.2 Å². The van der Waals surface area contributed by atoms with Crippen LogP contribution < -0.4 is 10.5 Å². The van der Waals surface area contributed by atoms with Gasteiger partial charge in [-0.15, -0.1) is 11.8 Å². The fourth-order valence-electron chi connectivity index (χ4n) is 1.83. The molecule has 0 fully saturated rings. The van der Waals surface area contributed by atoms with E-state index < -0.39 is 0 Å². The van der Waals surface area contributed by atoms with Crippen molar-refractivity contribution in [1.82, 2.24) is 0 Å². The fourth-order valence-corrected chi connectivity index (χ4v) is 3.50. The van der Waals surface area contributed by atoms with Gasteiger partial charge in [-0.25, -0.2) is 0 Å². The zero-order valence-corrected chi connectivity index (χ0v) is 14.1. The first-order chi connectivity index (χ1) is 9.60. The molecule has 0 aliphatic heterocycles. The van der Waals surface area contributed by atoms with Crippen LogP contribution in [0.5, 0.6) is 5.75 Å². The molecule has 20 heavy (non-hydrogen) atoms. The molecule has 106 valence electrons. The Morgan fingerprint density at radius 2 is 2.10 bits per heavy atom. The van der Waals surface area contributed by atoms with Crippen molar-refractivity contribution in [1.29, 1.82) is 0 Å². The fraction of sp³-hybridized carbons (Fsp3) is 0.200. The van der Waals surface area contributed by atoms with Gasteiger partial charge in [-0.1, -0.05) is 33.6 Å². The van der Waals surface area contributed by atoms with E-state index in [1.165, 1.54) is 4.90 Å². The number of halogens is 2. The maximum atomic E-state index is 6.25. The first-order valence-corrected chi connectivity index (χ1v) is 8.23. The SMILES string of the molecule is COc1ccc(Cl)cc1C(N)CSc1cccc(Br)c1. The maximum Gasteiger partial charge on any atom is 0.123 e. The van der Waals surface area contributed by atoms with Gasteiger partial charge in [0, 0.05) is 31.7 Å². The second-order valence-corrected chi connectivity index (χ2v) is 6.71. The van der Waals surface area contributed by atoms with Crippen molar-refractivity contribution in [2.24, 2.45) is 5.73 Å². The lowest BCUT2D eigenvalue weighted by Gasteiger charge is -2.16. The third-order valence-electron chi connectivity index (χ3n) is 2.82. The Bertz CT molecular complexity index is 594. The molecule has 2 N–H and O–H groups in total. The van der Waals surface area contributed by atoms with Gasteiger partial charge < -0.3 is 10.5 Å². The summed E-state index contributed by atoms with van der Waals surface area (Å²) < 4.78 is 6.40. The number of hydrogen-bond acceptors (Lipinski definition) is 3. The molecule has 0 amide bonds. The number of thioether (sulfide) groups is 1. The van der Waals surface area contributed by atoms with Gasteiger partial charge in [0.2, 0.25) is 0 Å². The minimum atomic E-state index is -0.132. The molecule has 0 bridgehead atoms. The second-order valence-electron chi connectivity index (χ2n) is 4.26. The summed E-state index contributed by atoms with van der Waals surface area (Å²) in [6.45, 7) is 0. The van der Waals surface area contributed by atoms with E-state index in [4.69, 9.17) is 22.1 Å². The highest BCUT2D eigenvalue weighted by Crippen LogP contribution is 2.31. The maximum absolute atomic E-state index is 6.25. The van der Waals surface area contributed by atoms with Crippen molar-refractivity contribution >= 4 is 39.3 Å². The van der Waals surface area contributed by atoms with Gasteiger partial charge in [-0.05, 0) is 36.4 Å². The average Bonchev–Trinajstić information content (AvgIpc) is 2.45. The first-order valence-electron chi connectivity index (χ1n) is 6.07. The molecule has 0 spiro atoms. The quantitative estimate of drug-likeness (QED) is 0.758. The summed E-state index contributed by atoms with van der Waals surface area (Å²) >= 11 is 11.2. The van der Waals surface area contributed by atoms with Gasteiger partial charge in [-0.3, -0.25) is 0 Å². The molecular weight excluding hydrogens is 358 g/mol. The Morgan fingerprint density at radius 1 is 1.30 bits per heavy atom. The molecule has 1 unspecified atom stereocenters. The number of methoxy groups -OCH3 is 1. The van der Waals surface area contributed by atoms with Gasteiger partial charge in [0.1, 0.15) is 5.75 Å². The van der Waals surface area contributed by atoms with E-state index in [9.17, 15) is 0 Å².